The summed E-state index contributed by atoms with van der Waals surface area (Å²) in [5, 5.41) is 6.10. The number of piperazine rings is 1. The van der Waals surface area contributed by atoms with Crippen LogP contribution in [0.15, 0.2) is 59.5 Å². The monoisotopic (exact) mass is 592 g/mol. The first kappa shape index (κ1) is 29.1. The second-order valence-electron chi connectivity index (χ2n) is 10.2. The van der Waals surface area contributed by atoms with Crippen LogP contribution in [-0.2, 0) is 6.42 Å². The van der Waals surface area contributed by atoms with E-state index in [2.05, 4.69) is 37.5 Å². The molecule has 1 aliphatic rings. The van der Waals surface area contributed by atoms with E-state index in [1.807, 2.05) is 4.90 Å². The van der Waals surface area contributed by atoms with Crippen molar-refractivity contribution < 1.29 is 14.0 Å². The van der Waals surface area contributed by atoms with E-state index in [1.54, 1.807) is 18.3 Å². The number of rotatable bonds is 8. The molecule has 2 aromatic carbocycles. The number of fused-ring (bicyclic) bond motifs is 1. The van der Waals surface area contributed by atoms with Crippen LogP contribution in [0.2, 0.25) is 5.02 Å². The SMILES string of the molecule is CN1CCN(c2ncc3cc(C(=O)Nc4cc(C(=O)NC(CN)Cc5cccc(F)c5)ccc4Cl)c(=O)[nH]c3n2)CC1. The second-order valence-corrected chi connectivity index (χ2v) is 10.6. The van der Waals surface area contributed by atoms with Crippen LogP contribution < -0.4 is 26.8 Å². The smallest absolute Gasteiger partial charge is 0.262 e. The Bertz CT molecular complexity index is 1690. The standard InChI is InChI=1S/C29H30ClFN8O3/c1-38-7-9-39(10-8-38)29-33-16-19-13-22(28(42)36-25(19)37-29)27(41)35-24-14-18(5-6-23(24)30)26(40)34-21(15-32)12-17-3-2-4-20(31)11-17/h2-6,11,13-14,16,21H,7-10,12,15,32H2,1H3,(H,34,40)(H,35,41)(H,33,36,37,42). The molecule has 5 N–H and O–H groups in total. The van der Waals surface area contributed by atoms with Gasteiger partial charge in [0.05, 0.1) is 10.7 Å². The summed E-state index contributed by atoms with van der Waals surface area (Å²) in [6, 6.07) is 11.4. The summed E-state index contributed by atoms with van der Waals surface area (Å²) in [5.74, 6) is -1.03. The van der Waals surface area contributed by atoms with E-state index in [9.17, 15) is 18.8 Å². The van der Waals surface area contributed by atoms with Gasteiger partial charge in [0.2, 0.25) is 5.95 Å². The number of aromatic amines is 1. The van der Waals surface area contributed by atoms with Crippen molar-refractivity contribution in [2.45, 2.75) is 12.5 Å². The summed E-state index contributed by atoms with van der Waals surface area (Å²) in [7, 11) is 2.05. The predicted molar refractivity (Wildman–Crippen MR) is 160 cm³/mol. The zero-order valence-electron chi connectivity index (χ0n) is 22.9. The lowest BCUT2D eigenvalue weighted by Gasteiger charge is -2.32. The van der Waals surface area contributed by atoms with Gasteiger partial charge in [0.15, 0.2) is 0 Å². The van der Waals surface area contributed by atoms with E-state index >= 15 is 0 Å². The lowest BCUT2D eigenvalue weighted by atomic mass is 10.1. The minimum atomic E-state index is -0.716. The number of nitrogens with two attached hydrogens (primary N) is 1. The molecule has 2 aromatic heterocycles. The predicted octanol–water partition coefficient (Wildman–Crippen LogP) is 2.41. The summed E-state index contributed by atoms with van der Waals surface area (Å²) in [4.78, 5) is 54.8. The van der Waals surface area contributed by atoms with Gasteiger partial charge < -0.3 is 31.2 Å². The summed E-state index contributed by atoms with van der Waals surface area (Å²) >= 11 is 6.31. The molecule has 5 rings (SSSR count). The summed E-state index contributed by atoms with van der Waals surface area (Å²) in [6.07, 6.45) is 1.90. The number of carbonyl (C=O) groups excluding carboxylic acids is 2. The van der Waals surface area contributed by atoms with Gasteiger partial charge in [-0.1, -0.05) is 23.7 Å². The van der Waals surface area contributed by atoms with Crippen molar-refractivity contribution >= 4 is 46.1 Å². The maximum Gasteiger partial charge on any atom is 0.262 e. The molecule has 1 unspecified atom stereocenters. The van der Waals surface area contributed by atoms with Crippen molar-refractivity contribution in [2.24, 2.45) is 5.73 Å². The molecule has 0 bridgehead atoms. The molecule has 1 saturated heterocycles. The number of halogens is 2. The first-order chi connectivity index (χ1) is 20.2. The van der Waals surface area contributed by atoms with Gasteiger partial charge in [-0.15, -0.1) is 0 Å². The minimum Gasteiger partial charge on any atom is -0.348 e. The molecule has 1 aliphatic heterocycles. The number of hydrogen-bond acceptors (Lipinski definition) is 8. The van der Waals surface area contributed by atoms with Crippen LogP contribution in [0.4, 0.5) is 16.0 Å². The highest BCUT2D eigenvalue weighted by Gasteiger charge is 2.20. The number of H-pyrrole nitrogens is 1. The molecule has 0 aliphatic carbocycles. The van der Waals surface area contributed by atoms with Gasteiger partial charge in [0.1, 0.15) is 17.0 Å². The van der Waals surface area contributed by atoms with Gasteiger partial charge in [-0.05, 0) is 55.4 Å². The van der Waals surface area contributed by atoms with Crippen molar-refractivity contribution in [1.29, 1.82) is 0 Å². The fourth-order valence-corrected chi connectivity index (χ4v) is 4.84. The fourth-order valence-electron chi connectivity index (χ4n) is 4.67. The van der Waals surface area contributed by atoms with Crippen LogP contribution in [0, 0.1) is 5.82 Å². The largest absolute Gasteiger partial charge is 0.348 e. The van der Waals surface area contributed by atoms with Gasteiger partial charge in [0.25, 0.3) is 17.4 Å². The normalized spacial score (nSPS) is 14.5. The molecule has 4 aromatic rings. The van der Waals surface area contributed by atoms with Gasteiger partial charge >= 0.3 is 0 Å². The Hall–Kier alpha value is -4.39. The Kier molecular flexibility index (Phi) is 8.76. The van der Waals surface area contributed by atoms with E-state index in [1.165, 1.54) is 36.4 Å². The molecule has 2 amide bonds. The molecule has 0 saturated carbocycles. The first-order valence-electron chi connectivity index (χ1n) is 13.4. The van der Waals surface area contributed by atoms with Crippen molar-refractivity contribution in [1.82, 2.24) is 25.2 Å². The minimum absolute atomic E-state index is 0.130. The van der Waals surface area contributed by atoms with Crippen molar-refractivity contribution in [2.75, 3.05) is 50.0 Å². The number of aromatic nitrogens is 3. The fraction of sp³-hybridized carbons (Fsp3) is 0.276. The van der Waals surface area contributed by atoms with Crippen LogP contribution in [0.3, 0.4) is 0 Å². The number of amides is 2. The number of nitrogens with zero attached hydrogens (tertiary/aromatic N) is 4. The Morgan fingerprint density at radius 1 is 1.12 bits per heavy atom. The first-order valence-corrected chi connectivity index (χ1v) is 13.8. The van der Waals surface area contributed by atoms with Crippen LogP contribution in [0.25, 0.3) is 11.0 Å². The van der Waals surface area contributed by atoms with Gasteiger partial charge in [-0.3, -0.25) is 14.4 Å². The Balaban J connectivity index is 1.30. The van der Waals surface area contributed by atoms with E-state index in [0.717, 1.165) is 26.2 Å². The molecular weight excluding hydrogens is 563 g/mol. The lowest BCUT2D eigenvalue weighted by molar-refractivity contribution is 0.0936. The molecular formula is C29H30ClFN8O3. The molecule has 3 heterocycles. The molecule has 13 heteroatoms. The van der Waals surface area contributed by atoms with E-state index in [0.29, 0.717) is 29.0 Å². The van der Waals surface area contributed by atoms with Crippen molar-refractivity contribution in [3.05, 3.63) is 92.6 Å². The third-order valence-corrected chi connectivity index (χ3v) is 7.41. The molecule has 11 nitrogen and oxygen atoms in total. The van der Waals surface area contributed by atoms with Gasteiger partial charge in [0, 0.05) is 55.9 Å². The molecule has 0 radical (unpaired) electrons. The third-order valence-electron chi connectivity index (χ3n) is 7.08. The number of likely N-dealkylation sites (N-methyl/N-ethyl adjacent to an activating group) is 1. The summed E-state index contributed by atoms with van der Waals surface area (Å²) in [5.41, 5.74) is 6.42. The quantitative estimate of drug-likeness (QED) is 0.244. The Labute approximate surface area is 245 Å². The molecule has 42 heavy (non-hydrogen) atoms. The van der Waals surface area contributed by atoms with Crippen LogP contribution in [-0.4, -0.2) is 77.5 Å². The van der Waals surface area contributed by atoms with Crippen LogP contribution in [0.1, 0.15) is 26.3 Å². The zero-order valence-corrected chi connectivity index (χ0v) is 23.6. The number of benzene rings is 2. The molecule has 0 spiro atoms. The average molecular weight is 593 g/mol. The molecule has 1 fully saturated rings. The Morgan fingerprint density at radius 2 is 1.90 bits per heavy atom. The highest BCUT2D eigenvalue weighted by Crippen LogP contribution is 2.24. The zero-order chi connectivity index (χ0) is 29.8. The third kappa shape index (κ3) is 6.73. The molecule has 218 valence electrons. The maximum atomic E-state index is 13.6. The van der Waals surface area contributed by atoms with E-state index < -0.39 is 23.4 Å². The van der Waals surface area contributed by atoms with Crippen molar-refractivity contribution in [3.63, 3.8) is 0 Å². The highest BCUT2D eigenvalue weighted by atomic mass is 35.5. The number of nitrogens with one attached hydrogen (secondary N) is 3. The van der Waals surface area contributed by atoms with Crippen molar-refractivity contribution in [3.8, 4) is 0 Å². The Morgan fingerprint density at radius 3 is 2.64 bits per heavy atom. The summed E-state index contributed by atoms with van der Waals surface area (Å²) < 4.78 is 13.6. The maximum absolute atomic E-state index is 13.6. The lowest BCUT2D eigenvalue weighted by Crippen LogP contribution is -2.45. The highest BCUT2D eigenvalue weighted by molar-refractivity contribution is 6.34. The van der Waals surface area contributed by atoms with Crippen LogP contribution in [0.5, 0.6) is 0 Å². The van der Waals surface area contributed by atoms with E-state index in [-0.39, 0.29) is 34.2 Å². The van der Waals surface area contributed by atoms with E-state index in [4.69, 9.17) is 17.3 Å². The topological polar surface area (TPSA) is 149 Å². The van der Waals surface area contributed by atoms with Crippen LogP contribution >= 0.6 is 11.6 Å². The number of hydrogen-bond donors (Lipinski definition) is 4. The number of carbonyl (C=O) groups is 2. The average Bonchev–Trinajstić information content (AvgIpc) is 2.97. The molecule has 1 atom stereocenters. The van der Waals surface area contributed by atoms with Gasteiger partial charge in [-0.25, -0.2) is 9.37 Å². The second kappa shape index (κ2) is 12.6. The van der Waals surface area contributed by atoms with Gasteiger partial charge in [-0.2, -0.15) is 4.98 Å². The summed E-state index contributed by atoms with van der Waals surface area (Å²) in [6.45, 7) is 3.43. The number of anilines is 2. The number of pyridine rings is 1.